The van der Waals surface area contributed by atoms with Gasteiger partial charge in [0.1, 0.15) is 0 Å². The van der Waals surface area contributed by atoms with Gasteiger partial charge in [-0.05, 0) is 37.0 Å². The van der Waals surface area contributed by atoms with Crippen LogP contribution in [0.4, 0.5) is 5.69 Å². The monoisotopic (exact) mass is 233 g/mol. The van der Waals surface area contributed by atoms with Crippen molar-refractivity contribution in [3.8, 4) is 0 Å². The number of esters is 1. The van der Waals surface area contributed by atoms with Crippen LogP contribution in [-0.4, -0.2) is 26.2 Å². The smallest absolute Gasteiger partial charge is 0.337 e. The number of carbonyl (C=O) groups excluding carboxylic acids is 1. The van der Waals surface area contributed by atoms with E-state index >= 15 is 0 Å². The topological polar surface area (TPSA) is 29.5 Å². The summed E-state index contributed by atoms with van der Waals surface area (Å²) in [6.45, 7) is 4.43. The third-order valence-electron chi connectivity index (χ3n) is 3.29. The number of hydrogen-bond donors (Lipinski definition) is 0. The van der Waals surface area contributed by atoms with Gasteiger partial charge in [0.05, 0.1) is 12.7 Å². The van der Waals surface area contributed by atoms with E-state index in [0.717, 1.165) is 24.7 Å². The van der Waals surface area contributed by atoms with Gasteiger partial charge in [-0.1, -0.05) is 13.0 Å². The lowest BCUT2D eigenvalue weighted by Crippen LogP contribution is -2.34. The first-order valence-electron chi connectivity index (χ1n) is 6.14. The normalized spacial score (nSPS) is 20.1. The highest BCUT2D eigenvalue weighted by Gasteiger charge is 2.17. The Kier molecular flexibility index (Phi) is 3.67. The summed E-state index contributed by atoms with van der Waals surface area (Å²) in [4.78, 5) is 13.8. The molecule has 17 heavy (non-hydrogen) atoms. The lowest BCUT2D eigenvalue weighted by Gasteiger charge is -2.32. The van der Waals surface area contributed by atoms with E-state index in [9.17, 15) is 4.79 Å². The lowest BCUT2D eigenvalue weighted by molar-refractivity contribution is 0.0601. The van der Waals surface area contributed by atoms with Crippen LogP contribution in [0.3, 0.4) is 0 Å². The predicted octanol–water partition coefficient (Wildman–Crippen LogP) is 2.71. The molecule has 0 spiro atoms. The summed E-state index contributed by atoms with van der Waals surface area (Å²) in [6.07, 6.45) is 2.52. The van der Waals surface area contributed by atoms with Gasteiger partial charge in [0.15, 0.2) is 0 Å². The van der Waals surface area contributed by atoms with Crippen molar-refractivity contribution in [3.63, 3.8) is 0 Å². The third kappa shape index (κ3) is 2.78. The summed E-state index contributed by atoms with van der Waals surface area (Å²) in [5.74, 6) is 0.461. The summed E-state index contributed by atoms with van der Waals surface area (Å²) in [5.41, 5.74) is 1.75. The molecule has 3 heteroatoms. The zero-order valence-corrected chi connectivity index (χ0v) is 10.5. The molecule has 1 fully saturated rings. The molecule has 0 radical (unpaired) electrons. The van der Waals surface area contributed by atoms with Crippen LogP contribution in [0.25, 0.3) is 0 Å². The molecular weight excluding hydrogens is 214 g/mol. The highest BCUT2D eigenvalue weighted by atomic mass is 16.5. The second-order valence-electron chi connectivity index (χ2n) is 4.74. The van der Waals surface area contributed by atoms with Crippen molar-refractivity contribution in [1.82, 2.24) is 0 Å². The minimum Gasteiger partial charge on any atom is -0.465 e. The maximum Gasteiger partial charge on any atom is 0.337 e. The molecule has 0 N–H and O–H groups in total. The van der Waals surface area contributed by atoms with Crippen molar-refractivity contribution < 1.29 is 9.53 Å². The fraction of sp³-hybridized carbons (Fsp3) is 0.500. The molecule has 1 aliphatic rings. The molecule has 0 bridgehead atoms. The van der Waals surface area contributed by atoms with Gasteiger partial charge >= 0.3 is 5.97 Å². The first-order valence-corrected chi connectivity index (χ1v) is 6.14. The molecule has 92 valence electrons. The van der Waals surface area contributed by atoms with Gasteiger partial charge in [-0.3, -0.25) is 0 Å². The molecule has 0 saturated carbocycles. The number of nitrogens with zero attached hydrogens (tertiary/aromatic N) is 1. The van der Waals surface area contributed by atoms with Crippen LogP contribution in [0.2, 0.25) is 0 Å². The number of rotatable bonds is 2. The van der Waals surface area contributed by atoms with Crippen LogP contribution < -0.4 is 4.90 Å². The number of hydrogen-bond acceptors (Lipinski definition) is 3. The Morgan fingerprint density at radius 1 is 1.47 bits per heavy atom. The van der Waals surface area contributed by atoms with Gasteiger partial charge in [-0.2, -0.15) is 0 Å². The quantitative estimate of drug-likeness (QED) is 0.736. The van der Waals surface area contributed by atoms with Crippen molar-refractivity contribution in [2.45, 2.75) is 19.8 Å². The fourth-order valence-corrected chi connectivity index (χ4v) is 2.37. The molecule has 2 rings (SSSR count). The van der Waals surface area contributed by atoms with Crippen LogP contribution >= 0.6 is 0 Å². The average molecular weight is 233 g/mol. The van der Waals surface area contributed by atoms with Crippen molar-refractivity contribution in [1.29, 1.82) is 0 Å². The van der Waals surface area contributed by atoms with Crippen molar-refractivity contribution >= 4 is 11.7 Å². The molecule has 1 aromatic carbocycles. The van der Waals surface area contributed by atoms with Crippen LogP contribution in [0, 0.1) is 5.92 Å². The Morgan fingerprint density at radius 2 is 2.29 bits per heavy atom. The van der Waals surface area contributed by atoms with Crippen molar-refractivity contribution in [2.24, 2.45) is 5.92 Å². The molecule has 1 heterocycles. The standard InChI is InChI=1S/C14H19NO2/c1-11-5-4-8-15(10-11)13-7-3-6-12(9-13)14(16)17-2/h3,6-7,9,11H,4-5,8,10H2,1-2H3/t11-/m0/s1. The molecule has 3 nitrogen and oxygen atoms in total. The highest BCUT2D eigenvalue weighted by molar-refractivity contribution is 5.90. The molecule has 0 unspecified atom stereocenters. The zero-order valence-electron chi connectivity index (χ0n) is 10.5. The van der Waals surface area contributed by atoms with E-state index in [1.807, 2.05) is 12.1 Å². The zero-order chi connectivity index (χ0) is 12.3. The molecule has 1 atom stereocenters. The van der Waals surface area contributed by atoms with Gasteiger partial charge in [0, 0.05) is 18.8 Å². The van der Waals surface area contributed by atoms with Gasteiger partial charge in [-0.25, -0.2) is 4.79 Å². The minimum atomic E-state index is -0.267. The van der Waals surface area contributed by atoms with Crippen molar-refractivity contribution in [3.05, 3.63) is 29.8 Å². The number of methoxy groups -OCH3 is 1. The Morgan fingerprint density at radius 3 is 3.00 bits per heavy atom. The summed E-state index contributed by atoms with van der Waals surface area (Å²) < 4.78 is 4.74. The molecule has 0 aliphatic carbocycles. The van der Waals surface area contributed by atoms with Crippen LogP contribution in [0.15, 0.2) is 24.3 Å². The Balaban J connectivity index is 2.17. The summed E-state index contributed by atoms with van der Waals surface area (Å²) >= 11 is 0. The number of carbonyl (C=O) groups is 1. The third-order valence-corrected chi connectivity index (χ3v) is 3.29. The van der Waals surface area contributed by atoms with Gasteiger partial charge in [0.25, 0.3) is 0 Å². The van der Waals surface area contributed by atoms with Crippen molar-refractivity contribution in [2.75, 3.05) is 25.1 Å². The van der Waals surface area contributed by atoms with E-state index in [4.69, 9.17) is 4.74 Å². The van der Waals surface area contributed by atoms with Crippen LogP contribution in [-0.2, 0) is 4.74 Å². The lowest BCUT2D eigenvalue weighted by atomic mass is 9.99. The largest absolute Gasteiger partial charge is 0.465 e. The maximum absolute atomic E-state index is 11.5. The summed E-state index contributed by atoms with van der Waals surface area (Å²) in [7, 11) is 1.41. The number of piperidine rings is 1. The van der Waals surface area contributed by atoms with E-state index in [-0.39, 0.29) is 5.97 Å². The SMILES string of the molecule is COC(=O)c1cccc(N2CCC[C@H](C)C2)c1. The molecule has 0 aromatic heterocycles. The van der Waals surface area contributed by atoms with E-state index < -0.39 is 0 Å². The van der Waals surface area contributed by atoms with Gasteiger partial charge in [0.2, 0.25) is 0 Å². The second kappa shape index (κ2) is 5.21. The number of ether oxygens (including phenoxy) is 1. The molecule has 1 saturated heterocycles. The Labute approximate surface area is 102 Å². The van der Waals surface area contributed by atoms with Gasteiger partial charge in [-0.15, -0.1) is 0 Å². The fourth-order valence-electron chi connectivity index (χ4n) is 2.37. The average Bonchev–Trinajstić information content (AvgIpc) is 2.38. The van der Waals surface area contributed by atoms with E-state index in [1.165, 1.54) is 20.0 Å². The molecule has 0 amide bonds. The molecule has 1 aliphatic heterocycles. The van der Waals surface area contributed by atoms with E-state index in [0.29, 0.717) is 5.56 Å². The molecular formula is C14H19NO2. The first-order chi connectivity index (χ1) is 8.20. The van der Waals surface area contributed by atoms with E-state index in [1.54, 1.807) is 6.07 Å². The second-order valence-corrected chi connectivity index (χ2v) is 4.74. The number of benzene rings is 1. The summed E-state index contributed by atoms with van der Waals surface area (Å²) in [6, 6.07) is 7.69. The number of anilines is 1. The highest BCUT2D eigenvalue weighted by Crippen LogP contribution is 2.23. The predicted molar refractivity (Wildman–Crippen MR) is 68.4 cm³/mol. The van der Waals surface area contributed by atoms with Gasteiger partial charge < -0.3 is 9.64 Å². The van der Waals surface area contributed by atoms with Crippen LogP contribution in [0.1, 0.15) is 30.1 Å². The Hall–Kier alpha value is -1.51. The minimum absolute atomic E-state index is 0.267. The maximum atomic E-state index is 11.5. The molecule has 1 aromatic rings. The Bertz CT molecular complexity index is 403. The van der Waals surface area contributed by atoms with E-state index in [2.05, 4.69) is 17.9 Å². The van der Waals surface area contributed by atoms with Crippen LogP contribution in [0.5, 0.6) is 0 Å². The first kappa shape index (κ1) is 12.0. The summed E-state index contributed by atoms with van der Waals surface area (Å²) in [5, 5.41) is 0.